The first kappa shape index (κ1) is 8.23. The second-order valence-electron chi connectivity index (χ2n) is 3.35. The minimum atomic E-state index is 0.600. The fourth-order valence-electron chi connectivity index (χ4n) is 1.67. The topological polar surface area (TPSA) is 27.6 Å². The molecule has 0 aromatic heterocycles. The number of hydrogen-bond acceptors (Lipinski definition) is 4. The summed E-state index contributed by atoms with van der Waals surface area (Å²) < 4.78 is 0. The highest BCUT2D eigenvalue weighted by molar-refractivity contribution is 7.80. The standard InChI is InChI=1S/C8H15N3S/c12-7-1-5-11(6-2-7)8-9-3-4-10-8/h7,12H,1-6H2,(H,9,10). The van der Waals surface area contributed by atoms with Gasteiger partial charge < -0.3 is 10.2 Å². The van der Waals surface area contributed by atoms with Crippen LogP contribution in [0.4, 0.5) is 0 Å². The van der Waals surface area contributed by atoms with Crippen LogP contribution in [0.25, 0.3) is 0 Å². The van der Waals surface area contributed by atoms with Crippen LogP contribution in [0.1, 0.15) is 12.8 Å². The molecular weight excluding hydrogens is 170 g/mol. The van der Waals surface area contributed by atoms with Crippen LogP contribution in [0.3, 0.4) is 0 Å². The lowest BCUT2D eigenvalue weighted by molar-refractivity contribution is 0.342. The summed E-state index contributed by atoms with van der Waals surface area (Å²) in [7, 11) is 0. The van der Waals surface area contributed by atoms with E-state index in [1.54, 1.807) is 0 Å². The molecule has 0 saturated carbocycles. The number of piperidine rings is 1. The van der Waals surface area contributed by atoms with Crippen LogP contribution in [0.2, 0.25) is 0 Å². The van der Waals surface area contributed by atoms with Crippen LogP contribution < -0.4 is 5.32 Å². The molecule has 12 heavy (non-hydrogen) atoms. The Morgan fingerprint density at radius 2 is 2.17 bits per heavy atom. The Kier molecular flexibility index (Phi) is 2.44. The van der Waals surface area contributed by atoms with Crippen molar-refractivity contribution in [1.82, 2.24) is 10.2 Å². The normalized spacial score (nSPS) is 25.4. The maximum absolute atomic E-state index is 4.46. The number of hydrogen-bond donors (Lipinski definition) is 2. The molecule has 0 radical (unpaired) electrons. The first-order valence-electron chi connectivity index (χ1n) is 4.57. The lowest BCUT2D eigenvalue weighted by atomic mass is 10.1. The zero-order valence-corrected chi connectivity index (χ0v) is 8.06. The fourth-order valence-corrected chi connectivity index (χ4v) is 1.91. The van der Waals surface area contributed by atoms with Gasteiger partial charge in [0.1, 0.15) is 0 Å². The Morgan fingerprint density at radius 1 is 1.42 bits per heavy atom. The van der Waals surface area contributed by atoms with Crippen LogP contribution in [-0.2, 0) is 0 Å². The van der Waals surface area contributed by atoms with E-state index < -0.39 is 0 Å². The van der Waals surface area contributed by atoms with Gasteiger partial charge in [0.15, 0.2) is 5.96 Å². The molecule has 2 heterocycles. The number of aliphatic imine (C=N–C) groups is 1. The zero-order chi connectivity index (χ0) is 8.39. The Hall–Kier alpha value is -0.380. The molecule has 1 N–H and O–H groups in total. The van der Waals surface area contributed by atoms with E-state index in [9.17, 15) is 0 Å². The number of likely N-dealkylation sites (tertiary alicyclic amines) is 1. The molecule has 0 aromatic carbocycles. The van der Waals surface area contributed by atoms with Crippen molar-refractivity contribution in [3.05, 3.63) is 0 Å². The molecule has 68 valence electrons. The first-order valence-corrected chi connectivity index (χ1v) is 5.09. The van der Waals surface area contributed by atoms with Crippen molar-refractivity contribution in [1.29, 1.82) is 0 Å². The van der Waals surface area contributed by atoms with E-state index in [1.807, 2.05) is 0 Å². The van der Waals surface area contributed by atoms with Gasteiger partial charge in [-0.3, -0.25) is 4.99 Å². The first-order chi connectivity index (χ1) is 5.86. The smallest absolute Gasteiger partial charge is 0.194 e. The molecule has 0 spiro atoms. The molecule has 1 saturated heterocycles. The van der Waals surface area contributed by atoms with E-state index in [0.29, 0.717) is 5.25 Å². The summed E-state index contributed by atoms with van der Waals surface area (Å²) >= 11 is 4.46. The van der Waals surface area contributed by atoms with Crippen molar-refractivity contribution in [3.8, 4) is 0 Å². The molecule has 2 rings (SSSR count). The molecule has 0 aliphatic carbocycles. The van der Waals surface area contributed by atoms with E-state index in [-0.39, 0.29) is 0 Å². The predicted molar refractivity (Wildman–Crippen MR) is 53.9 cm³/mol. The average Bonchev–Trinajstić information content (AvgIpc) is 2.58. The monoisotopic (exact) mass is 185 g/mol. The summed E-state index contributed by atoms with van der Waals surface area (Å²) in [4.78, 5) is 6.72. The van der Waals surface area contributed by atoms with Crippen LogP contribution >= 0.6 is 12.6 Å². The van der Waals surface area contributed by atoms with Gasteiger partial charge in [-0.25, -0.2) is 0 Å². The maximum Gasteiger partial charge on any atom is 0.194 e. The third-order valence-electron chi connectivity index (χ3n) is 2.42. The van der Waals surface area contributed by atoms with Crippen molar-refractivity contribution in [2.45, 2.75) is 18.1 Å². The van der Waals surface area contributed by atoms with E-state index in [2.05, 4.69) is 27.8 Å². The second-order valence-corrected chi connectivity index (χ2v) is 4.08. The molecule has 0 amide bonds. The SMILES string of the molecule is SC1CCN(C2=NCCN2)CC1. The number of nitrogens with one attached hydrogen (secondary N) is 1. The molecule has 0 unspecified atom stereocenters. The van der Waals surface area contributed by atoms with Crippen LogP contribution in [0.5, 0.6) is 0 Å². The van der Waals surface area contributed by atoms with Gasteiger partial charge in [0.2, 0.25) is 0 Å². The highest BCUT2D eigenvalue weighted by Crippen LogP contribution is 2.15. The van der Waals surface area contributed by atoms with Crippen LogP contribution in [0.15, 0.2) is 4.99 Å². The highest BCUT2D eigenvalue weighted by atomic mass is 32.1. The molecular formula is C8H15N3S. The van der Waals surface area contributed by atoms with E-state index in [4.69, 9.17) is 0 Å². The number of nitrogens with zero attached hydrogens (tertiary/aromatic N) is 2. The van der Waals surface area contributed by atoms with Gasteiger partial charge >= 0.3 is 0 Å². The van der Waals surface area contributed by atoms with Crippen molar-refractivity contribution in [2.24, 2.45) is 4.99 Å². The van der Waals surface area contributed by atoms with Gasteiger partial charge in [0.25, 0.3) is 0 Å². The third-order valence-corrected chi connectivity index (χ3v) is 2.94. The minimum absolute atomic E-state index is 0.600. The third kappa shape index (κ3) is 1.68. The Labute approximate surface area is 78.6 Å². The van der Waals surface area contributed by atoms with E-state index >= 15 is 0 Å². The van der Waals surface area contributed by atoms with Gasteiger partial charge in [-0.05, 0) is 12.8 Å². The van der Waals surface area contributed by atoms with Crippen LogP contribution in [-0.4, -0.2) is 42.3 Å². The van der Waals surface area contributed by atoms with Gasteiger partial charge in [0, 0.05) is 24.9 Å². The maximum atomic E-state index is 4.46. The molecule has 2 aliphatic heterocycles. The Balaban J connectivity index is 1.88. The average molecular weight is 185 g/mol. The van der Waals surface area contributed by atoms with Gasteiger partial charge in [-0.15, -0.1) is 0 Å². The number of thiol groups is 1. The largest absolute Gasteiger partial charge is 0.354 e. The molecule has 0 aromatic rings. The Morgan fingerprint density at radius 3 is 2.75 bits per heavy atom. The van der Waals surface area contributed by atoms with Gasteiger partial charge in [-0.1, -0.05) is 0 Å². The number of rotatable bonds is 0. The highest BCUT2D eigenvalue weighted by Gasteiger charge is 2.20. The molecule has 0 atom stereocenters. The molecule has 1 fully saturated rings. The number of guanidine groups is 1. The summed E-state index contributed by atoms with van der Waals surface area (Å²) in [6, 6.07) is 0. The summed E-state index contributed by atoms with van der Waals surface area (Å²) in [5, 5.41) is 3.89. The minimum Gasteiger partial charge on any atom is -0.354 e. The van der Waals surface area contributed by atoms with Crippen molar-refractivity contribution in [3.63, 3.8) is 0 Å². The lowest BCUT2D eigenvalue weighted by Gasteiger charge is -2.31. The molecule has 0 bridgehead atoms. The van der Waals surface area contributed by atoms with Gasteiger partial charge in [-0.2, -0.15) is 12.6 Å². The van der Waals surface area contributed by atoms with Crippen LogP contribution in [0, 0.1) is 0 Å². The summed E-state index contributed by atoms with van der Waals surface area (Å²) in [5.41, 5.74) is 0. The van der Waals surface area contributed by atoms with Crippen molar-refractivity contribution in [2.75, 3.05) is 26.2 Å². The summed E-state index contributed by atoms with van der Waals surface area (Å²) in [6.45, 7) is 4.17. The molecule has 2 aliphatic rings. The van der Waals surface area contributed by atoms with E-state index in [1.165, 1.54) is 12.8 Å². The summed E-state index contributed by atoms with van der Waals surface area (Å²) in [6.07, 6.45) is 2.37. The lowest BCUT2D eigenvalue weighted by Crippen LogP contribution is -2.43. The zero-order valence-electron chi connectivity index (χ0n) is 7.16. The summed E-state index contributed by atoms with van der Waals surface area (Å²) in [5.74, 6) is 1.11. The van der Waals surface area contributed by atoms with E-state index in [0.717, 1.165) is 32.1 Å². The quantitative estimate of drug-likeness (QED) is 0.533. The Bertz CT molecular complexity index is 185. The fraction of sp³-hybridized carbons (Fsp3) is 0.875. The van der Waals surface area contributed by atoms with Gasteiger partial charge in [0.05, 0.1) is 6.54 Å². The predicted octanol–water partition coefficient (Wildman–Crippen LogP) is 0.340. The van der Waals surface area contributed by atoms with Crippen molar-refractivity contribution >= 4 is 18.6 Å². The second kappa shape index (κ2) is 3.56. The molecule has 4 heteroatoms. The van der Waals surface area contributed by atoms with Crippen molar-refractivity contribution < 1.29 is 0 Å². The molecule has 3 nitrogen and oxygen atoms in total.